The smallest absolute Gasteiger partial charge is 0.261 e. The van der Waals surface area contributed by atoms with Crippen LogP contribution in [0, 0.1) is 13.8 Å². The lowest BCUT2D eigenvalue weighted by Crippen LogP contribution is -2.27. The van der Waals surface area contributed by atoms with Gasteiger partial charge in [-0.3, -0.25) is 9.52 Å². The van der Waals surface area contributed by atoms with E-state index in [1.54, 1.807) is 18.2 Å². The summed E-state index contributed by atoms with van der Waals surface area (Å²) in [6.07, 6.45) is 0. The summed E-state index contributed by atoms with van der Waals surface area (Å²) in [6.45, 7) is 5.94. The first kappa shape index (κ1) is 21.9. The van der Waals surface area contributed by atoms with Crippen LogP contribution < -0.4 is 10.0 Å². The lowest BCUT2D eigenvalue weighted by molar-refractivity contribution is 0.0940. The molecule has 0 aliphatic heterocycles. The van der Waals surface area contributed by atoms with Gasteiger partial charge in [-0.15, -0.1) is 0 Å². The maximum atomic E-state index is 12.7. The molecule has 0 bridgehead atoms. The van der Waals surface area contributed by atoms with Crippen LogP contribution in [0.5, 0.6) is 0 Å². The molecule has 2 N–H and O–H groups in total. The van der Waals surface area contributed by atoms with Gasteiger partial charge < -0.3 is 5.32 Å². The summed E-state index contributed by atoms with van der Waals surface area (Å²) in [5.74, 6) is -0.329. The standard InChI is InChI=1S/C23H23ClN2O3S/c1-15-9-11-20(16(2)13-15)17(3)25-23(27)21-12-10-18(14-22(21)24)26-30(28,29)19-7-5-4-6-8-19/h4-14,17,26H,1-3H3,(H,25,27)/t17-/m1/s1. The van der Waals surface area contributed by atoms with E-state index in [4.69, 9.17) is 11.6 Å². The first-order chi connectivity index (χ1) is 14.2. The predicted molar refractivity (Wildman–Crippen MR) is 120 cm³/mol. The van der Waals surface area contributed by atoms with E-state index < -0.39 is 10.0 Å². The molecule has 0 radical (unpaired) electrons. The third-order valence-electron chi connectivity index (χ3n) is 4.76. The fourth-order valence-electron chi connectivity index (χ4n) is 3.24. The largest absolute Gasteiger partial charge is 0.345 e. The van der Waals surface area contributed by atoms with E-state index >= 15 is 0 Å². The van der Waals surface area contributed by atoms with E-state index in [1.807, 2.05) is 32.9 Å². The van der Waals surface area contributed by atoms with Gasteiger partial charge in [-0.2, -0.15) is 0 Å². The molecule has 0 spiro atoms. The van der Waals surface area contributed by atoms with Gasteiger partial charge in [0.2, 0.25) is 0 Å². The average molecular weight is 443 g/mol. The normalized spacial score (nSPS) is 12.3. The van der Waals surface area contributed by atoms with Crippen molar-refractivity contribution >= 4 is 33.2 Å². The number of carbonyl (C=O) groups excluding carboxylic acids is 1. The fraction of sp³-hybridized carbons (Fsp3) is 0.174. The number of hydrogen-bond acceptors (Lipinski definition) is 3. The summed E-state index contributed by atoms with van der Waals surface area (Å²) in [5.41, 5.74) is 3.84. The highest BCUT2D eigenvalue weighted by atomic mass is 35.5. The molecule has 30 heavy (non-hydrogen) atoms. The molecule has 1 amide bonds. The monoisotopic (exact) mass is 442 g/mol. The van der Waals surface area contributed by atoms with E-state index in [9.17, 15) is 13.2 Å². The average Bonchev–Trinajstić information content (AvgIpc) is 2.68. The van der Waals surface area contributed by atoms with Crippen LogP contribution in [0.15, 0.2) is 71.6 Å². The number of nitrogens with one attached hydrogen (secondary N) is 2. The van der Waals surface area contributed by atoms with Crippen molar-refractivity contribution in [2.45, 2.75) is 31.7 Å². The van der Waals surface area contributed by atoms with Gasteiger partial charge in [-0.05, 0) is 62.2 Å². The second kappa shape index (κ2) is 8.90. The van der Waals surface area contributed by atoms with Gasteiger partial charge in [-0.25, -0.2) is 8.42 Å². The molecule has 5 nitrogen and oxygen atoms in total. The van der Waals surface area contributed by atoms with Crippen LogP contribution in [0.1, 0.15) is 40.0 Å². The van der Waals surface area contributed by atoms with E-state index in [2.05, 4.69) is 16.1 Å². The maximum Gasteiger partial charge on any atom is 0.261 e. The molecule has 7 heteroatoms. The number of sulfonamides is 1. The van der Waals surface area contributed by atoms with E-state index in [1.165, 1.54) is 30.3 Å². The predicted octanol–water partition coefficient (Wildman–Crippen LogP) is 5.25. The highest BCUT2D eigenvalue weighted by molar-refractivity contribution is 7.92. The van der Waals surface area contributed by atoms with Gasteiger partial charge in [0.15, 0.2) is 0 Å². The van der Waals surface area contributed by atoms with Crippen molar-refractivity contribution in [1.82, 2.24) is 5.32 Å². The lowest BCUT2D eigenvalue weighted by atomic mass is 10.00. The van der Waals surface area contributed by atoms with E-state index in [-0.39, 0.29) is 33.1 Å². The topological polar surface area (TPSA) is 75.3 Å². The Labute approximate surface area is 182 Å². The summed E-state index contributed by atoms with van der Waals surface area (Å²) in [7, 11) is -3.74. The van der Waals surface area contributed by atoms with Gasteiger partial charge in [0, 0.05) is 0 Å². The minimum atomic E-state index is -3.74. The van der Waals surface area contributed by atoms with Gasteiger partial charge in [0.1, 0.15) is 0 Å². The Hall–Kier alpha value is -2.83. The summed E-state index contributed by atoms with van der Waals surface area (Å²) < 4.78 is 27.4. The number of benzene rings is 3. The molecule has 3 aromatic carbocycles. The van der Waals surface area contributed by atoms with Crippen molar-refractivity contribution in [3.05, 3.63) is 94.0 Å². The Morgan fingerprint density at radius 1 is 0.967 bits per heavy atom. The van der Waals surface area contributed by atoms with E-state index in [0.29, 0.717) is 0 Å². The third-order valence-corrected chi connectivity index (χ3v) is 6.47. The summed E-state index contributed by atoms with van der Waals surface area (Å²) in [5, 5.41) is 3.11. The van der Waals surface area contributed by atoms with Crippen LogP contribution in [-0.2, 0) is 10.0 Å². The number of anilines is 1. The van der Waals surface area contributed by atoms with Gasteiger partial charge in [-0.1, -0.05) is 53.6 Å². The SMILES string of the molecule is Cc1ccc([C@@H](C)NC(=O)c2ccc(NS(=O)(=O)c3ccccc3)cc2Cl)c(C)c1. The van der Waals surface area contributed by atoms with Crippen molar-refractivity contribution in [3.8, 4) is 0 Å². The zero-order valence-corrected chi connectivity index (χ0v) is 18.5. The third kappa shape index (κ3) is 5.01. The summed E-state index contributed by atoms with van der Waals surface area (Å²) in [4.78, 5) is 12.9. The van der Waals surface area contributed by atoms with E-state index in [0.717, 1.165) is 16.7 Å². The fourth-order valence-corrected chi connectivity index (χ4v) is 4.58. The molecule has 0 fully saturated rings. The zero-order valence-electron chi connectivity index (χ0n) is 16.9. The Balaban J connectivity index is 1.75. The number of halogens is 1. The molecular weight excluding hydrogens is 420 g/mol. The minimum absolute atomic E-state index is 0.144. The number of carbonyl (C=O) groups is 1. The zero-order chi connectivity index (χ0) is 21.9. The van der Waals surface area contributed by atoms with Crippen molar-refractivity contribution < 1.29 is 13.2 Å². The van der Waals surface area contributed by atoms with Crippen LogP contribution in [-0.4, -0.2) is 14.3 Å². The number of amides is 1. The molecule has 0 unspecified atom stereocenters. The molecule has 0 aliphatic carbocycles. The molecule has 3 rings (SSSR count). The summed E-state index contributed by atoms with van der Waals surface area (Å²) in [6, 6.07) is 18.4. The molecule has 0 heterocycles. The number of hydrogen-bond donors (Lipinski definition) is 2. The maximum absolute atomic E-state index is 12.7. The van der Waals surface area contributed by atoms with Crippen LogP contribution in [0.2, 0.25) is 5.02 Å². The molecule has 0 saturated heterocycles. The Morgan fingerprint density at radius 2 is 1.67 bits per heavy atom. The Morgan fingerprint density at radius 3 is 2.30 bits per heavy atom. The highest BCUT2D eigenvalue weighted by Crippen LogP contribution is 2.25. The molecule has 0 aliphatic rings. The second-order valence-electron chi connectivity index (χ2n) is 7.17. The molecule has 3 aromatic rings. The molecule has 156 valence electrons. The van der Waals surface area contributed by atoms with Crippen LogP contribution >= 0.6 is 11.6 Å². The van der Waals surface area contributed by atoms with Crippen molar-refractivity contribution in [2.75, 3.05) is 4.72 Å². The van der Waals surface area contributed by atoms with Crippen LogP contribution in [0.4, 0.5) is 5.69 Å². The Kier molecular flexibility index (Phi) is 6.48. The van der Waals surface area contributed by atoms with Gasteiger partial charge in [0.05, 0.1) is 27.2 Å². The first-order valence-corrected chi connectivity index (χ1v) is 11.3. The summed E-state index contributed by atoms with van der Waals surface area (Å²) >= 11 is 6.28. The van der Waals surface area contributed by atoms with Gasteiger partial charge >= 0.3 is 0 Å². The molecule has 0 saturated carbocycles. The first-order valence-electron chi connectivity index (χ1n) is 9.43. The van der Waals surface area contributed by atoms with Crippen LogP contribution in [0.3, 0.4) is 0 Å². The lowest BCUT2D eigenvalue weighted by Gasteiger charge is -2.18. The number of aryl methyl sites for hydroxylation is 2. The van der Waals surface area contributed by atoms with Crippen molar-refractivity contribution in [3.63, 3.8) is 0 Å². The molecule has 0 aromatic heterocycles. The minimum Gasteiger partial charge on any atom is -0.345 e. The Bertz CT molecular complexity index is 1180. The highest BCUT2D eigenvalue weighted by Gasteiger charge is 2.18. The van der Waals surface area contributed by atoms with Crippen LogP contribution in [0.25, 0.3) is 0 Å². The molecular formula is C23H23ClN2O3S. The quantitative estimate of drug-likeness (QED) is 0.547. The number of rotatable bonds is 6. The molecule has 1 atom stereocenters. The van der Waals surface area contributed by atoms with Crippen molar-refractivity contribution in [2.24, 2.45) is 0 Å². The van der Waals surface area contributed by atoms with Gasteiger partial charge in [0.25, 0.3) is 15.9 Å². The second-order valence-corrected chi connectivity index (χ2v) is 9.26. The van der Waals surface area contributed by atoms with Crippen molar-refractivity contribution in [1.29, 1.82) is 0 Å².